The van der Waals surface area contributed by atoms with Crippen LogP contribution in [0, 0.1) is 55.4 Å². The van der Waals surface area contributed by atoms with Crippen molar-refractivity contribution in [3.05, 3.63) is 381 Å². The van der Waals surface area contributed by atoms with Gasteiger partial charge in [0.2, 0.25) is 0 Å². The molecule has 0 atom stereocenters. The van der Waals surface area contributed by atoms with Crippen LogP contribution in [0.1, 0.15) is 67.3 Å². The Hall–Kier alpha value is -12.7. The van der Waals surface area contributed by atoms with Crippen LogP contribution in [0.2, 0.25) is 0 Å². The first kappa shape index (κ1) is 81.3. The molecule has 16 aromatic rings. The second-order valence-corrected chi connectivity index (χ2v) is 31.4. The lowest BCUT2D eigenvalue weighted by Gasteiger charge is -2.14. The van der Waals surface area contributed by atoms with Crippen molar-refractivity contribution in [1.82, 2.24) is 32.8 Å². The summed E-state index contributed by atoms with van der Waals surface area (Å²) in [6.45, 7) is 16.4. The van der Waals surface area contributed by atoms with E-state index in [1.807, 2.05) is 227 Å². The Balaban J connectivity index is 0.000000135. The molecule has 0 aliphatic rings. The second-order valence-electron chi connectivity index (χ2n) is 27.2. The molecular weight excluding hydrogens is 1540 g/mol. The number of nitrogens with zero attached hydrogens (tertiary/aromatic N) is 7. The predicted molar refractivity (Wildman–Crippen MR) is 457 cm³/mol. The fraction of sp³-hybridized carbons (Fsp3) is 0.165. The lowest BCUT2D eigenvalue weighted by atomic mass is 10.1. The molecule has 0 radical (unpaired) electrons. The molecule has 0 amide bonds. The lowest BCUT2D eigenvalue weighted by Crippen LogP contribution is -2.24. The average molecular weight is 1620 g/mol. The largest absolute Gasteiger partial charge is 0.497 e. The zero-order valence-electron chi connectivity index (χ0n) is 65.2. The van der Waals surface area contributed by atoms with Gasteiger partial charge in [-0.3, -0.25) is 19.2 Å². The highest BCUT2D eigenvalue weighted by molar-refractivity contribution is 8.00. The number of benzene rings is 6. The predicted octanol–water partition coefficient (Wildman–Crippen LogP) is 17.2. The van der Waals surface area contributed by atoms with E-state index in [9.17, 15) is 38.4 Å². The van der Waals surface area contributed by atoms with E-state index in [4.69, 9.17) is 27.1 Å². The van der Waals surface area contributed by atoms with Gasteiger partial charge >= 0.3 is 22.5 Å². The van der Waals surface area contributed by atoms with E-state index in [2.05, 4.69) is 9.97 Å². The van der Waals surface area contributed by atoms with Crippen molar-refractivity contribution >= 4 is 90.9 Å². The summed E-state index contributed by atoms with van der Waals surface area (Å²) in [5.74, 6) is 1.36. The highest BCUT2D eigenvalue weighted by atomic mass is 32.2. The summed E-state index contributed by atoms with van der Waals surface area (Å²) in [5, 5.41) is 3.05. The van der Waals surface area contributed by atoms with Crippen LogP contribution >= 0.6 is 47.0 Å². The lowest BCUT2D eigenvalue weighted by molar-refractivity contribution is 0.405. The van der Waals surface area contributed by atoms with Gasteiger partial charge in [-0.1, -0.05) is 181 Å². The molecule has 116 heavy (non-hydrogen) atoms. The van der Waals surface area contributed by atoms with E-state index in [1.54, 1.807) is 103 Å². The molecule has 0 spiro atoms. The van der Waals surface area contributed by atoms with Crippen molar-refractivity contribution in [2.24, 2.45) is 7.05 Å². The number of methoxy groups -OCH3 is 2. The fourth-order valence-corrected chi connectivity index (χ4v) is 17.0. The van der Waals surface area contributed by atoms with E-state index in [0.29, 0.717) is 134 Å². The van der Waals surface area contributed by atoms with E-state index >= 15 is 0 Å². The number of ether oxygens (including phenoxy) is 2. The zero-order valence-corrected chi connectivity index (χ0v) is 68.5. The first-order chi connectivity index (χ1) is 56.0. The molecule has 16 rings (SSSR count). The quantitative estimate of drug-likeness (QED) is 0.0773. The molecule has 586 valence electrons. The van der Waals surface area contributed by atoms with Gasteiger partial charge in [-0.05, 0) is 154 Å². The summed E-state index contributed by atoms with van der Waals surface area (Å²) in [7, 11) is 5.03. The van der Waals surface area contributed by atoms with Crippen molar-refractivity contribution in [3.8, 4) is 11.5 Å². The van der Waals surface area contributed by atoms with Crippen LogP contribution in [0.4, 0.5) is 0 Å². The summed E-state index contributed by atoms with van der Waals surface area (Å²) >= 11 is 4.95. The summed E-state index contributed by atoms with van der Waals surface area (Å²) < 4.78 is 41.4. The van der Waals surface area contributed by atoms with Crippen LogP contribution in [0.25, 0.3) is 43.9 Å². The third-order valence-corrected chi connectivity index (χ3v) is 24.2. The van der Waals surface area contributed by atoms with Crippen LogP contribution in [-0.2, 0) is 33.2 Å². The molecule has 10 heterocycles. The third kappa shape index (κ3) is 18.0. The summed E-state index contributed by atoms with van der Waals surface area (Å²) in [6, 6.07) is 66.6. The first-order valence-corrected chi connectivity index (χ1v) is 40.0. The minimum atomic E-state index is -0.462. The molecule has 0 N–H and O–H groups in total. The number of imidazole rings is 1. The number of hydrogen-bond donors (Lipinski definition) is 0. The average Bonchev–Trinajstić information content (AvgIpc) is 0.795. The number of rotatable bonds is 18. The minimum absolute atomic E-state index is 0.164. The Labute approximate surface area is 681 Å². The smallest absolute Gasteiger partial charge is 0.350 e. The Bertz CT molecular complexity index is 6880. The van der Waals surface area contributed by atoms with Gasteiger partial charge in [0.15, 0.2) is 5.16 Å². The highest BCUT2D eigenvalue weighted by Gasteiger charge is 2.25. The summed E-state index contributed by atoms with van der Waals surface area (Å²) in [6.07, 6.45) is 5.13. The number of aromatic nitrogens is 7. The maximum atomic E-state index is 13.4. The number of para-hydroxylation sites is 1. The van der Waals surface area contributed by atoms with Gasteiger partial charge in [-0.2, -0.15) is 0 Å². The van der Waals surface area contributed by atoms with Crippen LogP contribution in [0.3, 0.4) is 0 Å². The van der Waals surface area contributed by atoms with E-state index in [1.165, 1.54) is 47.0 Å². The molecular formula is C91H79N7O14S4. The van der Waals surface area contributed by atoms with Gasteiger partial charge in [-0.25, -0.2) is 29.1 Å². The first-order valence-electron chi connectivity index (χ1n) is 36.7. The van der Waals surface area contributed by atoms with E-state index < -0.39 is 22.5 Å². The van der Waals surface area contributed by atoms with E-state index in [-0.39, 0.29) is 22.2 Å². The topological polar surface area (TPSA) is 258 Å². The fourth-order valence-electron chi connectivity index (χ4n) is 13.3. The molecule has 21 nitrogen and oxygen atoms in total. The molecule has 0 saturated heterocycles. The normalized spacial score (nSPS) is 11.1. The van der Waals surface area contributed by atoms with Gasteiger partial charge in [-0.15, -0.1) is 0 Å². The molecule has 25 heteroatoms. The van der Waals surface area contributed by atoms with Gasteiger partial charge < -0.3 is 50.0 Å². The number of pyridine rings is 5. The van der Waals surface area contributed by atoms with Crippen LogP contribution in [0.15, 0.2) is 326 Å². The van der Waals surface area contributed by atoms with Crippen molar-refractivity contribution in [2.75, 3.05) is 14.2 Å². The number of hydrogen-bond acceptors (Lipinski definition) is 20. The second kappa shape index (κ2) is 36.2. The Morgan fingerprint density at radius 1 is 0.345 bits per heavy atom. The van der Waals surface area contributed by atoms with Gasteiger partial charge in [0.05, 0.1) is 66.8 Å². The Kier molecular flexibility index (Phi) is 25.4. The van der Waals surface area contributed by atoms with Crippen molar-refractivity contribution in [1.29, 1.82) is 0 Å². The molecule has 6 aromatic carbocycles. The monoisotopic (exact) mass is 1620 g/mol. The maximum Gasteiger partial charge on any atom is 0.350 e. The van der Waals surface area contributed by atoms with Gasteiger partial charge in [0, 0.05) is 77.6 Å². The van der Waals surface area contributed by atoms with Gasteiger partial charge in [0.25, 0.3) is 22.2 Å². The molecule has 0 fully saturated rings. The Morgan fingerprint density at radius 3 is 1.05 bits per heavy atom. The highest BCUT2D eigenvalue weighted by Crippen LogP contribution is 2.38. The molecule has 10 aromatic heterocycles. The van der Waals surface area contributed by atoms with Gasteiger partial charge in [0.1, 0.15) is 58.4 Å². The SMILES string of the molecule is COc1cccc(Sc2c(C)c3c(=O)n(Cc4ccccc4)c(C)cc3oc2=O)c1.COc1ccccc1Sc1c(C)c2c(=O)n(Cc3ccccc3)c(C)cc2oc1=O.Cc1c(Sc2ccccn2)c(=O)oc2cc(C)n(Cc3ccccc3)c(=O)c12.Cc1c(Sc2nccn2C)c(=O)oc2cc(C)n(Cc3ccccc3)c(=O)c12. The molecule has 0 unspecified atom stereocenters. The number of aryl methyl sites for hydroxylation is 9. The van der Waals surface area contributed by atoms with Crippen molar-refractivity contribution in [2.45, 2.75) is 121 Å². The third-order valence-electron chi connectivity index (χ3n) is 19.4. The Morgan fingerprint density at radius 2 is 0.698 bits per heavy atom. The maximum absolute atomic E-state index is 13.4. The molecule has 0 aliphatic carbocycles. The van der Waals surface area contributed by atoms with Crippen molar-refractivity contribution in [3.63, 3.8) is 0 Å². The van der Waals surface area contributed by atoms with Crippen molar-refractivity contribution < 1.29 is 27.1 Å². The standard InChI is InChI=1S/2C24H21NO4S.C22H18N2O3S.C21H19N3O3S/c1-15-13-19-21(23(26)25(15)14-17-9-5-4-6-10-17)16(2)22(24(27)29-19)30-20-12-8-7-11-18(20)28-3;1-15-12-20-21(23(26)25(15)14-17-8-5-4-6-9-17)16(2)22(24(27)29-20)30-19-11-7-10-18(13-19)28-3;1-14-12-17-19(21(25)24(14)13-16-8-4-3-5-9-16)15(2)20(22(26)27-17)28-18-10-6-7-11-23-18;1-13-11-16-17(19(25)24(13)12-15-7-5-4-6-8-15)14(2)18(20(26)27-16)28-21-22-9-10-23(21)3/h2*4-13H,14H2,1-3H3;3-12H,13H2,1-2H3;4-11H,12H2,1-3H3. The van der Waals surface area contributed by atoms with Crippen LogP contribution < -0.4 is 54.2 Å². The molecule has 0 bridgehead atoms. The number of fused-ring (bicyclic) bond motifs is 4. The minimum Gasteiger partial charge on any atom is -0.497 e. The zero-order chi connectivity index (χ0) is 82.0. The van der Waals surface area contributed by atoms with Crippen LogP contribution in [0.5, 0.6) is 11.5 Å². The molecule has 0 aliphatic heterocycles. The van der Waals surface area contributed by atoms with E-state index in [0.717, 1.165) is 54.8 Å². The summed E-state index contributed by atoms with van der Waals surface area (Å²) in [5.41, 5.74) is 8.35. The molecule has 0 saturated carbocycles. The van der Waals surface area contributed by atoms with Crippen LogP contribution in [-0.4, -0.2) is 47.0 Å². The summed E-state index contributed by atoms with van der Waals surface area (Å²) in [4.78, 5) is 115.